The standard InChI is InChI=1S/C25H31FN4O.HI/c1-2-27-25(28-12-10-21-15-29-24-9-8-22(26)14-23(21)24)30-13-11-20(16-30)18-31-17-19-6-4-3-5-7-19;/h3-9,14-15,20,29H,2,10-13,16-18H2,1H3,(H,27,28);1H. The Labute approximate surface area is 206 Å². The molecule has 0 saturated carbocycles. The summed E-state index contributed by atoms with van der Waals surface area (Å²) in [6.45, 7) is 6.97. The van der Waals surface area contributed by atoms with Gasteiger partial charge in [-0.1, -0.05) is 30.3 Å². The molecule has 0 amide bonds. The molecule has 5 nitrogen and oxygen atoms in total. The quantitative estimate of drug-likeness (QED) is 0.237. The fraction of sp³-hybridized carbons (Fsp3) is 0.400. The van der Waals surface area contributed by atoms with Crippen molar-refractivity contribution in [2.24, 2.45) is 10.9 Å². The van der Waals surface area contributed by atoms with Crippen LogP contribution in [-0.2, 0) is 17.8 Å². The van der Waals surface area contributed by atoms with E-state index in [2.05, 4.69) is 34.3 Å². The van der Waals surface area contributed by atoms with Gasteiger partial charge in [0.2, 0.25) is 0 Å². The maximum absolute atomic E-state index is 13.6. The molecule has 1 unspecified atom stereocenters. The number of benzene rings is 2. The largest absolute Gasteiger partial charge is 0.376 e. The molecule has 0 spiro atoms. The minimum absolute atomic E-state index is 0. The van der Waals surface area contributed by atoms with Crippen LogP contribution in [0.4, 0.5) is 4.39 Å². The lowest BCUT2D eigenvalue weighted by atomic mass is 10.1. The first-order valence-corrected chi connectivity index (χ1v) is 11.1. The first-order chi connectivity index (χ1) is 15.2. The Morgan fingerprint density at radius 1 is 1.25 bits per heavy atom. The van der Waals surface area contributed by atoms with Gasteiger partial charge in [0.25, 0.3) is 0 Å². The first-order valence-electron chi connectivity index (χ1n) is 11.1. The number of nitrogens with one attached hydrogen (secondary N) is 2. The summed E-state index contributed by atoms with van der Waals surface area (Å²) in [4.78, 5) is 10.4. The van der Waals surface area contributed by atoms with E-state index >= 15 is 0 Å². The second-order valence-electron chi connectivity index (χ2n) is 8.09. The molecule has 0 radical (unpaired) electrons. The number of aromatic nitrogens is 1. The van der Waals surface area contributed by atoms with Crippen LogP contribution in [-0.4, -0.2) is 48.6 Å². The van der Waals surface area contributed by atoms with Crippen LogP contribution >= 0.6 is 24.0 Å². The van der Waals surface area contributed by atoms with E-state index in [4.69, 9.17) is 9.73 Å². The van der Waals surface area contributed by atoms with Crippen molar-refractivity contribution in [3.63, 3.8) is 0 Å². The summed E-state index contributed by atoms with van der Waals surface area (Å²) in [6, 6.07) is 15.2. The molecule has 1 saturated heterocycles. The number of ether oxygens (including phenoxy) is 1. The molecule has 1 aliphatic rings. The van der Waals surface area contributed by atoms with Crippen LogP contribution in [0, 0.1) is 11.7 Å². The number of rotatable bonds is 8. The molecule has 32 heavy (non-hydrogen) atoms. The smallest absolute Gasteiger partial charge is 0.193 e. The molecule has 0 aliphatic carbocycles. The number of hydrogen-bond donors (Lipinski definition) is 2. The van der Waals surface area contributed by atoms with Crippen molar-refractivity contribution >= 4 is 40.8 Å². The van der Waals surface area contributed by atoms with Gasteiger partial charge in [-0.25, -0.2) is 4.39 Å². The lowest BCUT2D eigenvalue weighted by Gasteiger charge is -2.21. The Hall–Kier alpha value is -2.13. The Bertz CT molecular complexity index is 1010. The minimum atomic E-state index is -0.206. The third kappa shape index (κ3) is 6.45. The summed E-state index contributed by atoms with van der Waals surface area (Å²) >= 11 is 0. The van der Waals surface area contributed by atoms with Crippen LogP contribution in [0.25, 0.3) is 10.9 Å². The molecule has 4 rings (SSSR count). The van der Waals surface area contributed by atoms with Gasteiger partial charge in [0.05, 0.1) is 13.2 Å². The molecule has 7 heteroatoms. The third-order valence-corrected chi connectivity index (χ3v) is 5.76. The number of likely N-dealkylation sites (tertiary alicyclic amines) is 1. The van der Waals surface area contributed by atoms with E-state index < -0.39 is 0 Å². The van der Waals surface area contributed by atoms with Crippen molar-refractivity contribution in [3.8, 4) is 0 Å². The molecule has 1 aliphatic heterocycles. The van der Waals surface area contributed by atoms with Crippen LogP contribution in [0.1, 0.15) is 24.5 Å². The van der Waals surface area contributed by atoms with Crippen LogP contribution in [0.5, 0.6) is 0 Å². The maximum Gasteiger partial charge on any atom is 0.193 e. The normalized spacial score (nSPS) is 16.4. The highest BCUT2D eigenvalue weighted by molar-refractivity contribution is 14.0. The molecular formula is C25H32FIN4O. The maximum atomic E-state index is 13.6. The van der Waals surface area contributed by atoms with Crippen molar-refractivity contribution < 1.29 is 9.13 Å². The average Bonchev–Trinajstić information content (AvgIpc) is 3.41. The lowest BCUT2D eigenvalue weighted by Crippen LogP contribution is -2.40. The Morgan fingerprint density at radius 3 is 2.91 bits per heavy atom. The summed E-state index contributed by atoms with van der Waals surface area (Å²) in [6.07, 6.45) is 3.85. The van der Waals surface area contributed by atoms with E-state index in [9.17, 15) is 4.39 Å². The van der Waals surface area contributed by atoms with Gasteiger partial charge in [0.15, 0.2) is 5.96 Å². The van der Waals surface area contributed by atoms with Crippen molar-refractivity contribution in [2.75, 3.05) is 32.8 Å². The second-order valence-corrected chi connectivity index (χ2v) is 8.09. The SMILES string of the molecule is CCNC(=NCCc1c[nH]c2ccc(F)cc12)N1CCC(COCc2ccccc2)C1.I. The highest BCUT2D eigenvalue weighted by Crippen LogP contribution is 2.20. The zero-order valence-corrected chi connectivity index (χ0v) is 20.8. The Morgan fingerprint density at radius 2 is 2.09 bits per heavy atom. The first kappa shape index (κ1) is 24.5. The average molecular weight is 550 g/mol. The topological polar surface area (TPSA) is 52.7 Å². The zero-order valence-electron chi connectivity index (χ0n) is 18.5. The molecule has 1 atom stereocenters. The number of aromatic amines is 1. The Balaban J connectivity index is 0.00000289. The number of fused-ring (bicyclic) bond motifs is 1. The van der Waals surface area contributed by atoms with Crippen molar-refractivity contribution in [2.45, 2.75) is 26.4 Å². The van der Waals surface area contributed by atoms with E-state index in [-0.39, 0.29) is 29.8 Å². The van der Waals surface area contributed by atoms with Crippen LogP contribution < -0.4 is 5.32 Å². The van der Waals surface area contributed by atoms with Gasteiger partial charge >= 0.3 is 0 Å². The lowest BCUT2D eigenvalue weighted by molar-refractivity contribution is 0.0907. The molecule has 3 aromatic rings. The number of halogens is 2. The van der Waals surface area contributed by atoms with E-state index in [1.165, 1.54) is 11.6 Å². The van der Waals surface area contributed by atoms with E-state index in [0.717, 1.165) is 61.5 Å². The molecule has 2 heterocycles. The van der Waals surface area contributed by atoms with Gasteiger partial charge in [-0.15, -0.1) is 24.0 Å². The molecule has 0 bridgehead atoms. The number of H-pyrrole nitrogens is 1. The fourth-order valence-corrected chi connectivity index (χ4v) is 4.14. The van der Waals surface area contributed by atoms with E-state index in [0.29, 0.717) is 19.1 Å². The number of aliphatic imine (C=N–C) groups is 1. The van der Waals surface area contributed by atoms with Crippen molar-refractivity contribution in [1.29, 1.82) is 0 Å². The molecule has 172 valence electrons. The van der Waals surface area contributed by atoms with Crippen molar-refractivity contribution in [3.05, 3.63) is 71.7 Å². The van der Waals surface area contributed by atoms with Gasteiger partial charge in [0.1, 0.15) is 5.82 Å². The molecule has 1 aromatic heterocycles. The van der Waals surface area contributed by atoms with E-state index in [1.807, 2.05) is 24.4 Å². The summed E-state index contributed by atoms with van der Waals surface area (Å²) in [5, 5.41) is 4.36. The summed E-state index contributed by atoms with van der Waals surface area (Å²) in [5.74, 6) is 1.27. The Kier molecular flexibility index (Phi) is 9.35. The number of guanidine groups is 1. The predicted molar refractivity (Wildman–Crippen MR) is 139 cm³/mol. The van der Waals surface area contributed by atoms with Gasteiger partial charge in [0, 0.05) is 49.2 Å². The van der Waals surface area contributed by atoms with Crippen LogP contribution in [0.15, 0.2) is 59.7 Å². The number of nitrogens with zero attached hydrogens (tertiary/aromatic N) is 2. The molecule has 1 fully saturated rings. The summed E-state index contributed by atoms with van der Waals surface area (Å²) in [7, 11) is 0. The monoisotopic (exact) mass is 550 g/mol. The second kappa shape index (κ2) is 12.2. The van der Waals surface area contributed by atoms with Crippen LogP contribution in [0.2, 0.25) is 0 Å². The predicted octanol–water partition coefficient (Wildman–Crippen LogP) is 4.97. The van der Waals surface area contributed by atoms with Crippen LogP contribution in [0.3, 0.4) is 0 Å². The molecule has 2 aromatic carbocycles. The summed E-state index contributed by atoms with van der Waals surface area (Å²) < 4.78 is 19.6. The third-order valence-electron chi connectivity index (χ3n) is 5.76. The van der Waals surface area contributed by atoms with E-state index in [1.54, 1.807) is 12.1 Å². The highest BCUT2D eigenvalue weighted by Gasteiger charge is 2.25. The molecule has 2 N–H and O–H groups in total. The number of hydrogen-bond acceptors (Lipinski definition) is 2. The van der Waals surface area contributed by atoms with Gasteiger partial charge in [-0.05, 0) is 49.1 Å². The summed E-state index contributed by atoms with van der Waals surface area (Å²) in [5.41, 5.74) is 3.28. The van der Waals surface area contributed by atoms with Gasteiger partial charge < -0.3 is 19.9 Å². The van der Waals surface area contributed by atoms with Gasteiger partial charge in [-0.2, -0.15) is 0 Å². The molecular weight excluding hydrogens is 518 g/mol. The fourth-order valence-electron chi connectivity index (χ4n) is 4.14. The minimum Gasteiger partial charge on any atom is -0.376 e. The van der Waals surface area contributed by atoms with Gasteiger partial charge in [-0.3, -0.25) is 4.99 Å². The zero-order chi connectivity index (χ0) is 21.5. The highest BCUT2D eigenvalue weighted by atomic mass is 127. The van der Waals surface area contributed by atoms with Crippen molar-refractivity contribution in [1.82, 2.24) is 15.2 Å².